The molecule has 0 aliphatic rings. The van der Waals surface area contributed by atoms with Crippen molar-refractivity contribution in [1.82, 2.24) is 5.32 Å². The van der Waals surface area contributed by atoms with Crippen molar-refractivity contribution in [2.45, 2.75) is 33.6 Å². The summed E-state index contributed by atoms with van der Waals surface area (Å²) in [5, 5.41) is 5.68. The fraction of sp³-hybridized carbons (Fsp3) is 0.500. The summed E-state index contributed by atoms with van der Waals surface area (Å²) in [7, 11) is 0. The van der Waals surface area contributed by atoms with E-state index in [1.165, 1.54) is 0 Å². The van der Waals surface area contributed by atoms with E-state index < -0.39 is 0 Å². The number of hydrogen-bond donors (Lipinski definition) is 3. The van der Waals surface area contributed by atoms with E-state index in [0.717, 1.165) is 17.7 Å². The molecule has 1 aromatic carbocycles. The number of hydrogen-bond acceptors (Lipinski definition) is 3. The van der Waals surface area contributed by atoms with E-state index in [0.29, 0.717) is 31.0 Å². The second-order valence-corrected chi connectivity index (χ2v) is 5.57. The van der Waals surface area contributed by atoms with Gasteiger partial charge >= 0.3 is 0 Å². The molecule has 1 rings (SSSR count). The summed E-state index contributed by atoms with van der Waals surface area (Å²) >= 11 is 0. The van der Waals surface area contributed by atoms with Gasteiger partial charge in [-0.2, -0.15) is 0 Å². The minimum atomic E-state index is -0.119. The quantitative estimate of drug-likeness (QED) is 0.672. The van der Waals surface area contributed by atoms with Crippen molar-refractivity contribution in [2.75, 3.05) is 18.4 Å². The number of benzene rings is 1. The fourth-order valence-corrected chi connectivity index (χ4v) is 1.92. The van der Waals surface area contributed by atoms with Crippen LogP contribution in [0.25, 0.3) is 0 Å². The van der Waals surface area contributed by atoms with E-state index in [-0.39, 0.29) is 11.8 Å². The standard InChI is InChI=1S/C16H25N3O2/c1-11(2)9-15(20)19-14-6-5-13(10-12(14)3)16(21)18-8-4-7-17/h5-6,10-11H,4,7-9,17H2,1-3H3,(H,18,21)(H,19,20). The van der Waals surface area contributed by atoms with Gasteiger partial charge in [0.25, 0.3) is 5.91 Å². The van der Waals surface area contributed by atoms with Crippen LogP contribution in [0.1, 0.15) is 42.6 Å². The summed E-state index contributed by atoms with van der Waals surface area (Å²) in [4.78, 5) is 23.7. The number of carbonyl (C=O) groups is 2. The van der Waals surface area contributed by atoms with Crippen LogP contribution in [0.2, 0.25) is 0 Å². The van der Waals surface area contributed by atoms with Crippen LogP contribution in [0, 0.1) is 12.8 Å². The molecule has 0 aliphatic heterocycles. The Labute approximate surface area is 126 Å². The third kappa shape index (κ3) is 5.95. The van der Waals surface area contributed by atoms with Crippen LogP contribution in [-0.4, -0.2) is 24.9 Å². The van der Waals surface area contributed by atoms with Crippen molar-refractivity contribution < 1.29 is 9.59 Å². The molecule has 0 fully saturated rings. The van der Waals surface area contributed by atoms with E-state index in [2.05, 4.69) is 10.6 Å². The smallest absolute Gasteiger partial charge is 0.251 e. The fourth-order valence-electron chi connectivity index (χ4n) is 1.92. The number of carbonyl (C=O) groups excluding carboxylic acids is 2. The lowest BCUT2D eigenvalue weighted by Crippen LogP contribution is -2.26. The van der Waals surface area contributed by atoms with Crippen LogP contribution >= 0.6 is 0 Å². The topological polar surface area (TPSA) is 84.2 Å². The minimum Gasteiger partial charge on any atom is -0.352 e. The number of anilines is 1. The second kappa shape index (κ2) is 8.42. The molecule has 4 N–H and O–H groups in total. The molecule has 0 saturated carbocycles. The van der Waals surface area contributed by atoms with E-state index in [4.69, 9.17) is 5.73 Å². The molecule has 0 saturated heterocycles. The lowest BCUT2D eigenvalue weighted by molar-refractivity contribution is -0.116. The first-order chi connectivity index (χ1) is 9.93. The maximum absolute atomic E-state index is 11.9. The number of aryl methyl sites for hydroxylation is 1. The highest BCUT2D eigenvalue weighted by molar-refractivity contribution is 5.96. The zero-order valence-corrected chi connectivity index (χ0v) is 13.0. The minimum absolute atomic E-state index is 0.00625. The Hall–Kier alpha value is -1.88. The number of nitrogens with two attached hydrogens (primary N) is 1. The molecule has 0 radical (unpaired) electrons. The maximum Gasteiger partial charge on any atom is 0.251 e. The number of nitrogens with one attached hydrogen (secondary N) is 2. The van der Waals surface area contributed by atoms with Gasteiger partial charge in [0, 0.05) is 24.2 Å². The maximum atomic E-state index is 11.9. The van der Waals surface area contributed by atoms with Gasteiger partial charge in [0.2, 0.25) is 5.91 Å². The average molecular weight is 291 g/mol. The van der Waals surface area contributed by atoms with Crippen LogP contribution in [0.15, 0.2) is 18.2 Å². The van der Waals surface area contributed by atoms with Crippen LogP contribution in [-0.2, 0) is 4.79 Å². The lowest BCUT2D eigenvalue weighted by atomic mass is 10.1. The Morgan fingerprint density at radius 2 is 2.00 bits per heavy atom. The number of amides is 2. The summed E-state index contributed by atoms with van der Waals surface area (Å²) in [6, 6.07) is 5.27. The van der Waals surface area contributed by atoms with Crippen LogP contribution in [0.4, 0.5) is 5.69 Å². The molecule has 1 aromatic rings. The van der Waals surface area contributed by atoms with Gasteiger partial charge in [-0.1, -0.05) is 13.8 Å². The van der Waals surface area contributed by atoms with Crippen LogP contribution in [0.3, 0.4) is 0 Å². The third-order valence-electron chi connectivity index (χ3n) is 3.02. The molecule has 21 heavy (non-hydrogen) atoms. The Balaban J connectivity index is 2.67. The van der Waals surface area contributed by atoms with E-state index in [1.54, 1.807) is 18.2 Å². The van der Waals surface area contributed by atoms with Gasteiger partial charge in [-0.25, -0.2) is 0 Å². The Bertz CT molecular complexity index is 498. The largest absolute Gasteiger partial charge is 0.352 e. The molecule has 5 nitrogen and oxygen atoms in total. The Morgan fingerprint density at radius 1 is 1.29 bits per heavy atom. The molecule has 2 amide bonds. The SMILES string of the molecule is Cc1cc(C(=O)NCCCN)ccc1NC(=O)CC(C)C. The molecule has 0 spiro atoms. The molecule has 0 aliphatic carbocycles. The van der Waals surface area contributed by atoms with Gasteiger partial charge in [0.05, 0.1) is 0 Å². The highest BCUT2D eigenvalue weighted by atomic mass is 16.2. The van der Waals surface area contributed by atoms with Gasteiger partial charge in [0.15, 0.2) is 0 Å². The predicted octanol–water partition coefficient (Wildman–Crippen LogP) is 2.06. The molecule has 0 aromatic heterocycles. The third-order valence-corrected chi connectivity index (χ3v) is 3.02. The number of rotatable bonds is 7. The highest BCUT2D eigenvalue weighted by Crippen LogP contribution is 2.17. The van der Waals surface area contributed by atoms with E-state index >= 15 is 0 Å². The molecular weight excluding hydrogens is 266 g/mol. The summed E-state index contributed by atoms with van der Waals surface area (Å²) in [5.41, 5.74) is 7.60. The highest BCUT2D eigenvalue weighted by Gasteiger charge is 2.10. The van der Waals surface area contributed by atoms with Crippen LogP contribution < -0.4 is 16.4 Å². The summed E-state index contributed by atoms with van der Waals surface area (Å²) in [6.07, 6.45) is 1.24. The average Bonchev–Trinajstić information content (AvgIpc) is 2.40. The predicted molar refractivity (Wildman–Crippen MR) is 85.3 cm³/mol. The van der Waals surface area contributed by atoms with Crippen molar-refractivity contribution in [3.05, 3.63) is 29.3 Å². The van der Waals surface area contributed by atoms with Crippen molar-refractivity contribution in [3.8, 4) is 0 Å². The molecule has 0 heterocycles. The van der Waals surface area contributed by atoms with Crippen molar-refractivity contribution in [3.63, 3.8) is 0 Å². The Kier molecular flexibility index (Phi) is 6.88. The monoisotopic (exact) mass is 291 g/mol. The molecule has 0 bridgehead atoms. The van der Waals surface area contributed by atoms with Gasteiger partial charge in [-0.3, -0.25) is 9.59 Å². The van der Waals surface area contributed by atoms with Crippen molar-refractivity contribution >= 4 is 17.5 Å². The summed E-state index contributed by atoms with van der Waals surface area (Å²) in [6.45, 7) is 7.01. The first-order valence-electron chi connectivity index (χ1n) is 7.32. The molecule has 0 unspecified atom stereocenters. The van der Waals surface area contributed by atoms with Gasteiger partial charge < -0.3 is 16.4 Å². The van der Waals surface area contributed by atoms with Crippen molar-refractivity contribution in [1.29, 1.82) is 0 Å². The molecule has 0 atom stereocenters. The second-order valence-electron chi connectivity index (χ2n) is 5.57. The normalized spacial score (nSPS) is 10.5. The molecule has 116 valence electrons. The molecular formula is C16H25N3O2. The van der Waals surface area contributed by atoms with Gasteiger partial charge in [-0.15, -0.1) is 0 Å². The molecule has 5 heteroatoms. The van der Waals surface area contributed by atoms with E-state index in [1.807, 2.05) is 20.8 Å². The Morgan fingerprint density at radius 3 is 2.57 bits per heavy atom. The van der Waals surface area contributed by atoms with Crippen LogP contribution in [0.5, 0.6) is 0 Å². The summed E-state index contributed by atoms with van der Waals surface area (Å²) < 4.78 is 0. The lowest BCUT2D eigenvalue weighted by Gasteiger charge is -2.11. The van der Waals surface area contributed by atoms with Crippen molar-refractivity contribution in [2.24, 2.45) is 11.7 Å². The first kappa shape index (κ1) is 17.2. The zero-order valence-electron chi connectivity index (χ0n) is 13.0. The summed E-state index contributed by atoms with van der Waals surface area (Å²) in [5.74, 6) is 0.192. The zero-order chi connectivity index (χ0) is 15.8. The van der Waals surface area contributed by atoms with Gasteiger partial charge in [0.1, 0.15) is 0 Å². The van der Waals surface area contributed by atoms with E-state index in [9.17, 15) is 9.59 Å². The first-order valence-corrected chi connectivity index (χ1v) is 7.32. The van der Waals surface area contributed by atoms with Gasteiger partial charge in [-0.05, 0) is 49.6 Å².